The molecular formula is C14H20N2O2. The zero-order valence-corrected chi connectivity index (χ0v) is 11.0. The first kappa shape index (κ1) is 12.7. The van der Waals surface area contributed by atoms with Gasteiger partial charge in [0.15, 0.2) is 0 Å². The molecule has 0 saturated carbocycles. The first-order valence-corrected chi connectivity index (χ1v) is 6.33. The van der Waals surface area contributed by atoms with Crippen molar-refractivity contribution in [3.8, 4) is 5.75 Å². The molecule has 0 radical (unpaired) electrons. The van der Waals surface area contributed by atoms with Crippen molar-refractivity contribution in [3.05, 3.63) is 23.3 Å². The van der Waals surface area contributed by atoms with E-state index in [-0.39, 0.29) is 5.91 Å². The van der Waals surface area contributed by atoms with E-state index in [0.29, 0.717) is 12.5 Å². The van der Waals surface area contributed by atoms with Crippen LogP contribution in [-0.4, -0.2) is 19.6 Å². The molecule has 1 aliphatic rings. The quantitative estimate of drug-likeness (QED) is 0.799. The second-order valence-corrected chi connectivity index (χ2v) is 4.76. The molecular weight excluding hydrogens is 228 g/mol. The van der Waals surface area contributed by atoms with E-state index in [4.69, 9.17) is 10.5 Å². The Morgan fingerprint density at radius 1 is 1.56 bits per heavy atom. The van der Waals surface area contributed by atoms with Crippen LogP contribution in [0.1, 0.15) is 36.8 Å². The average Bonchev–Trinajstić information content (AvgIpc) is 2.73. The highest BCUT2D eigenvalue weighted by Crippen LogP contribution is 2.42. The van der Waals surface area contributed by atoms with E-state index in [1.54, 1.807) is 14.0 Å². The van der Waals surface area contributed by atoms with E-state index >= 15 is 0 Å². The number of aryl methyl sites for hydroxylation is 1. The summed E-state index contributed by atoms with van der Waals surface area (Å²) in [6.45, 7) is 2.25. The number of anilines is 1. The van der Waals surface area contributed by atoms with E-state index in [9.17, 15) is 4.79 Å². The molecule has 0 fully saturated rings. The number of ether oxygens (including phenoxy) is 1. The van der Waals surface area contributed by atoms with Crippen LogP contribution < -0.4 is 15.8 Å². The van der Waals surface area contributed by atoms with Gasteiger partial charge >= 0.3 is 0 Å². The highest BCUT2D eigenvalue weighted by Gasteiger charge is 2.26. The van der Waals surface area contributed by atoms with Gasteiger partial charge in [0, 0.05) is 13.5 Å². The third kappa shape index (κ3) is 2.42. The second-order valence-electron chi connectivity index (χ2n) is 4.76. The van der Waals surface area contributed by atoms with Crippen LogP contribution in [0.15, 0.2) is 12.1 Å². The van der Waals surface area contributed by atoms with Crippen molar-refractivity contribution in [1.82, 2.24) is 5.32 Å². The van der Waals surface area contributed by atoms with Gasteiger partial charge in [-0.2, -0.15) is 0 Å². The summed E-state index contributed by atoms with van der Waals surface area (Å²) in [5, 5.41) is 2.84. The number of benzene rings is 1. The number of hydrogen-bond donors (Lipinski definition) is 2. The van der Waals surface area contributed by atoms with Crippen LogP contribution in [-0.2, 0) is 11.2 Å². The molecule has 2 rings (SSSR count). The lowest BCUT2D eigenvalue weighted by Gasteiger charge is -2.16. The Bertz CT molecular complexity index is 457. The molecule has 1 aromatic rings. The number of hydrogen-bond acceptors (Lipinski definition) is 3. The van der Waals surface area contributed by atoms with Gasteiger partial charge < -0.3 is 15.8 Å². The maximum Gasteiger partial charge on any atom is 0.216 e. The summed E-state index contributed by atoms with van der Waals surface area (Å²) in [6.07, 6.45) is 3.10. The van der Waals surface area contributed by atoms with Crippen molar-refractivity contribution in [1.29, 1.82) is 0 Å². The molecule has 18 heavy (non-hydrogen) atoms. The molecule has 0 aliphatic heterocycles. The van der Waals surface area contributed by atoms with Crippen molar-refractivity contribution in [2.24, 2.45) is 0 Å². The Balaban J connectivity index is 2.13. The van der Waals surface area contributed by atoms with Gasteiger partial charge in [0.25, 0.3) is 0 Å². The molecule has 1 aromatic carbocycles. The SMILES string of the molecule is COc1ccc2c(c1N)[C@H](CCNC(C)=O)CC2. The molecule has 3 N–H and O–H groups in total. The molecule has 0 unspecified atom stereocenters. The number of carbonyl (C=O) groups is 1. The third-order valence-electron chi connectivity index (χ3n) is 3.59. The fourth-order valence-electron chi connectivity index (χ4n) is 2.72. The van der Waals surface area contributed by atoms with Crippen molar-refractivity contribution < 1.29 is 9.53 Å². The molecule has 4 nitrogen and oxygen atoms in total. The number of carbonyl (C=O) groups excluding carboxylic acids is 1. The summed E-state index contributed by atoms with van der Waals surface area (Å²) in [7, 11) is 1.64. The Hall–Kier alpha value is -1.71. The summed E-state index contributed by atoms with van der Waals surface area (Å²) in [4.78, 5) is 10.9. The van der Waals surface area contributed by atoms with Gasteiger partial charge in [0.2, 0.25) is 5.91 Å². The third-order valence-corrected chi connectivity index (χ3v) is 3.59. The largest absolute Gasteiger partial charge is 0.495 e. The summed E-state index contributed by atoms with van der Waals surface area (Å²) in [5.41, 5.74) is 9.46. The number of fused-ring (bicyclic) bond motifs is 1. The van der Waals surface area contributed by atoms with Crippen LogP contribution in [0.25, 0.3) is 0 Å². The second kappa shape index (κ2) is 5.29. The number of rotatable bonds is 4. The number of nitrogens with two attached hydrogens (primary N) is 1. The van der Waals surface area contributed by atoms with Crippen molar-refractivity contribution in [2.45, 2.75) is 32.1 Å². The molecule has 98 valence electrons. The molecule has 0 heterocycles. The summed E-state index contributed by atoms with van der Waals surface area (Å²) >= 11 is 0. The van der Waals surface area contributed by atoms with Crippen LogP contribution in [0.5, 0.6) is 5.75 Å². The Morgan fingerprint density at radius 3 is 3.00 bits per heavy atom. The Kier molecular flexibility index (Phi) is 3.75. The number of nitrogen functional groups attached to an aromatic ring is 1. The van der Waals surface area contributed by atoms with Crippen LogP contribution in [0, 0.1) is 0 Å². The maximum atomic E-state index is 10.9. The first-order valence-electron chi connectivity index (χ1n) is 6.33. The Morgan fingerprint density at radius 2 is 2.33 bits per heavy atom. The molecule has 1 aliphatic carbocycles. The van der Waals surface area contributed by atoms with Crippen molar-refractivity contribution in [3.63, 3.8) is 0 Å². The van der Waals surface area contributed by atoms with E-state index in [1.807, 2.05) is 6.07 Å². The van der Waals surface area contributed by atoms with E-state index in [0.717, 1.165) is 30.7 Å². The fourth-order valence-corrected chi connectivity index (χ4v) is 2.72. The fraction of sp³-hybridized carbons (Fsp3) is 0.500. The number of amides is 1. The molecule has 0 saturated heterocycles. The van der Waals surface area contributed by atoms with Crippen LogP contribution in [0.4, 0.5) is 5.69 Å². The molecule has 0 aromatic heterocycles. The van der Waals surface area contributed by atoms with Crippen molar-refractivity contribution in [2.75, 3.05) is 19.4 Å². The lowest BCUT2D eigenvalue weighted by molar-refractivity contribution is -0.118. The summed E-state index contributed by atoms with van der Waals surface area (Å²) in [6, 6.07) is 4.04. The van der Waals surface area contributed by atoms with Gasteiger partial charge in [-0.05, 0) is 42.4 Å². The van der Waals surface area contributed by atoms with Gasteiger partial charge in [0.05, 0.1) is 12.8 Å². The van der Waals surface area contributed by atoms with Gasteiger partial charge in [-0.25, -0.2) is 0 Å². The average molecular weight is 248 g/mol. The molecule has 1 amide bonds. The summed E-state index contributed by atoms with van der Waals surface area (Å²) in [5.74, 6) is 1.20. The van der Waals surface area contributed by atoms with E-state index < -0.39 is 0 Å². The van der Waals surface area contributed by atoms with Gasteiger partial charge in [-0.3, -0.25) is 4.79 Å². The molecule has 0 spiro atoms. The molecule has 0 bridgehead atoms. The number of methoxy groups -OCH3 is 1. The zero-order chi connectivity index (χ0) is 13.1. The molecule has 4 heteroatoms. The van der Waals surface area contributed by atoms with Gasteiger partial charge in [0.1, 0.15) is 5.75 Å². The maximum absolute atomic E-state index is 10.9. The highest BCUT2D eigenvalue weighted by molar-refractivity contribution is 5.72. The van der Waals surface area contributed by atoms with Crippen LogP contribution in [0.2, 0.25) is 0 Å². The monoisotopic (exact) mass is 248 g/mol. The minimum atomic E-state index is 0.0202. The van der Waals surface area contributed by atoms with Gasteiger partial charge in [-0.1, -0.05) is 6.07 Å². The lowest BCUT2D eigenvalue weighted by atomic mass is 9.96. The van der Waals surface area contributed by atoms with Crippen LogP contribution >= 0.6 is 0 Å². The van der Waals surface area contributed by atoms with E-state index in [1.165, 1.54) is 11.1 Å². The predicted molar refractivity (Wildman–Crippen MR) is 71.8 cm³/mol. The van der Waals surface area contributed by atoms with Crippen molar-refractivity contribution >= 4 is 11.6 Å². The zero-order valence-electron chi connectivity index (χ0n) is 11.0. The minimum Gasteiger partial charge on any atom is -0.495 e. The summed E-state index contributed by atoms with van der Waals surface area (Å²) < 4.78 is 5.27. The number of nitrogens with one attached hydrogen (secondary N) is 1. The predicted octanol–water partition coefficient (Wildman–Crippen LogP) is 1.83. The van der Waals surface area contributed by atoms with E-state index in [2.05, 4.69) is 11.4 Å². The Labute approximate surface area is 108 Å². The standard InChI is InChI=1S/C14H20N2O2/c1-9(17)16-8-7-11-4-3-10-5-6-12(18-2)14(15)13(10)11/h5-6,11H,3-4,7-8,15H2,1-2H3,(H,16,17)/t11-/m0/s1. The first-order chi connectivity index (χ1) is 8.63. The van der Waals surface area contributed by atoms with Gasteiger partial charge in [-0.15, -0.1) is 0 Å². The topological polar surface area (TPSA) is 64.3 Å². The highest BCUT2D eigenvalue weighted by atomic mass is 16.5. The minimum absolute atomic E-state index is 0.0202. The molecule has 1 atom stereocenters. The normalized spacial score (nSPS) is 17.3. The van der Waals surface area contributed by atoms with Crippen LogP contribution in [0.3, 0.4) is 0 Å². The lowest BCUT2D eigenvalue weighted by Crippen LogP contribution is -2.22. The smallest absolute Gasteiger partial charge is 0.216 e.